The maximum absolute atomic E-state index is 13.6. The van der Waals surface area contributed by atoms with Gasteiger partial charge in [0.25, 0.3) is 5.91 Å². The monoisotopic (exact) mass is 510 g/mol. The predicted molar refractivity (Wildman–Crippen MR) is 155 cm³/mol. The number of unbranched alkanes of at least 4 members (excludes halogenated alkanes) is 2. The third-order valence-electron chi connectivity index (χ3n) is 6.64. The molecule has 0 bridgehead atoms. The predicted octanol–water partition coefficient (Wildman–Crippen LogP) is 6.90. The number of hydrogen-bond donors (Lipinski definition) is 1. The summed E-state index contributed by atoms with van der Waals surface area (Å²) in [5.41, 5.74) is 3.26. The lowest BCUT2D eigenvalue weighted by molar-refractivity contribution is -0.117. The highest BCUT2D eigenvalue weighted by Gasteiger charge is 2.23. The Hall–Kier alpha value is -3.93. The molecule has 0 atom stereocenters. The minimum absolute atomic E-state index is 0.0285. The molecule has 0 spiro atoms. The van der Waals surface area contributed by atoms with Crippen LogP contribution < -0.4 is 5.32 Å². The van der Waals surface area contributed by atoms with Crippen LogP contribution in [0.4, 0.5) is 5.82 Å². The van der Waals surface area contributed by atoms with Gasteiger partial charge in [0.2, 0.25) is 5.91 Å². The van der Waals surface area contributed by atoms with E-state index in [0.717, 1.165) is 47.0 Å². The Balaban J connectivity index is 1.59. The Morgan fingerprint density at radius 2 is 1.68 bits per heavy atom. The summed E-state index contributed by atoms with van der Waals surface area (Å²) in [4.78, 5) is 28.6. The Morgan fingerprint density at radius 3 is 2.39 bits per heavy atom. The average Bonchev–Trinajstić information content (AvgIpc) is 3.32. The first-order chi connectivity index (χ1) is 18.2. The number of aromatic nitrogens is 2. The van der Waals surface area contributed by atoms with E-state index in [-0.39, 0.29) is 23.8 Å². The molecule has 0 fully saturated rings. The molecule has 6 nitrogen and oxygen atoms in total. The molecule has 0 radical (unpaired) electrons. The third kappa shape index (κ3) is 6.49. The van der Waals surface area contributed by atoms with Gasteiger partial charge in [-0.15, -0.1) is 0 Å². The highest BCUT2D eigenvalue weighted by Crippen LogP contribution is 2.27. The van der Waals surface area contributed by atoms with E-state index in [1.54, 1.807) is 9.58 Å². The van der Waals surface area contributed by atoms with Crippen molar-refractivity contribution in [2.45, 2.75) is 59.3 Å². The van der Waals surface area contributed by atoms with E-state index in [1.807, 2.05) is 79.7 Å². The van der Waals surface area contributed by atoms with Crippen LogP contribution in [0.3, 0.4) is 0 Å². The first kappa shape index (κ1) is 27.1. The molecule has 0 aliphatic carbocycles. The average molecular weight is 511 g/mol. The molecule has 1 aromatic heterocycles. The van der Waals surface area contributed by atoms with Crippen LogP contribution in [0.5, 0.6) is 0 Å². The molecule has 0 aliphatic rings. The molecule has 3 aromatic carbocycles. The summed E-state index contributed by atoms with van der Waals surface area (Å²) in [7, 11) is 0. The van der Waals surface area contributed by atoms with E-state index in [9.17, 15) is 9.59 Å². The van der Waals surface area contributed by atoms with Gasteiger partial charge in [-0.2, -0.15) is 5.10 Å². The number of rotatable bonds is 9. The van der Waals surface area contributed by atoms with E-state index in [4.69, 9.17) is 5.10 Å². The number of benzene rings is 3. The highest BCUT2D eigenvalue weighted by atomic mass is 16.2. The Bertz CT molecular complexity index is 1430. The molecule has 4 aromatic rings. The lowest BCUT2D eigenvalue weighted by atomic mass is 9.92. The van der Waals surface area contributed by atoms with Gasteiger partial charge in [0.05, 0.1) is 11.4 Å². The minimum atomic E-state index is -0.245. The van der Waals surface area contributed by atoms with E-state index in [1.165, 1.54) is 0 Å². The second kappa shape index (κ2) is 11.6. The zero-order valence-electron chi connectivity index (χ0n) is 23.1. The zero-order chi connectivity index (χ0) is 27.3. The number of carbonyl (C=O) groups excluding carboxylic acids is 2. The second-order valence-electron chi connectivity index (χ2n) is 11.0. The SMILES string of the molecule is CCCCCN(CC(=O)Nc1cc(C(C)(C)C)nn1-c1cccc(C)c1)C(=O)c1ccc2ccccc2c1. The first-order valence-electron chi connectivity index (χ1n) is 13.4. The van der Waals surface area contributed by atoms with Gasteiger partial charge in [-0.25, -0.2) is 4.68 Å². The van der Waals surface area contributed by atoms with Crippen LogP contribution in [0.1, 0.15) is 68.6 Å². The number of anilines is 1. The van der Waals surface area contributed by atoms with Crippen molar-refractivity contribution in [3.63, 3.8) is 0 Å². The van der Waals surface area contributed by atoms with Gasteiger partial charge in [0.1, 0.15) is 12.4 Å². The van der Waals surface area contributed by atoms with Gasteiger partial charge in [-0.05, 0) is 53.9 Å². The minimum Gasteiger partial charge on any atom is -0.329 e. The van der Waals surface area contributed by atoms with Crippen LogP contribution in [0, 0.1) is 6.92 Å². The third-order valence-corrected chi connectivity index (χ3v) is 6.64. The summed E-state index contributed by atoms with van der Waals surface area (Å²) in [5.74, 6) is 0.215. The van der Waals surface area contributed by atoms with Crippen molar-refractivity contribution >= 4 is 28.4 Å². The van der Waals surface area contributed by atoms with Crippen LogP contribution in [0.15, 0.2) is 72.8 Å². The molecule has 0 aliphatic heterocycles. The van der Waals surface area contributed by atoms with Gasteiger partial charge in [0.15, 0.2) is 0 Å². The normalized spacial score (nSPS) is 11.5. The quantitative estimate of drug-likeness (QED) is 0.249. The molecule has 0 saturated carbocycles. The second-order valence-corrected chi connectivity index (χ2v) is 11.0. The lowest BCUT2D eigenvalue weighted by Gasteiger charge is -2.22. The van der Waals surface area contributed by atoms with Crippen LogP contribution in [0.25, 0.3) is 16.5 Å². The Morgan fingerprint density at radius 1 is 0.921 bits per heavy atom. The summed E-state index contributed by atoms with van der Waals surface area (Å²) < 4.78 is 1.78. The van der Waals surface area contributed by atoms with Crippen molar-refractivity contribution in [3.05, 3.63) is 89.6 Å². The number of nitrogens with zero attached hydrogens (tertiary/aromatic N) is 3. The van der Waals surface area contributed by atoms with Gasteiger partial charge < -0.3 is 10.2 Å². The molecule has 1 heterocycles. The molecule has 0 unspecified atom stereocenters. The van der Waals surface area contributed by atoms with E-state index >= 15 is 0 Å². The summed E-state index contributed by atoms with van der Waals surface area (Å²) >= 11 is 0. The van der Waals surface area contributed by atoms with Gasteiger partial charge in [-0.3, -0.25) is 9.59 Å². The van der Waals surface area contributed by atoms with Gasteiger partial charge in [-0.1, -0.05) is 83.0 Å². The van der Waals surface area contributed by atoms with Crippen molar-refractivity contribution in [1.29, 1.82) is 0 Å². The molecule has 1 N–H and O–H groups in total. The molecule has 198 valence electrons. The first-order valence-corrected chi connectivity index (χ1v) is 13.4. The summed E-state index contributed by atoms with van der Waals surface area (Å²) in [6.45, 7) is 10.9. The molecular formula is C32H38N4O2. The highest BCUT2D eigenvalue weighted by molar-refractivity contribution is 6.01. The fourth-order valence-corrected chi connectivity index (χ4v) is 4.46. The van der Waals surface area contributed by atoms with Crippen LogP contribution >= 0.6 is 0 Å². The maximum Gasteiger partial charge on any atom is 0.254 e. The van der Waals surface area contributed by atoms with E-state index < -0.39 is 0 Å². The number of aryl methyl sites for hydroxylation is 1. The summed E-state index contributed by atoms with van der Waals surface area (Å²) in [6, 6.07) is 23.6. The van der Waals surface area contributed by atoms with Crippen molar-refractivity contribution in [2.24, 2.45) is 0 Å². The van der Waals surface area contributed by atoms with Crippen molar-refractivity contribution in [1.82, 2.24) is 14.7 Å². The topological polar surface area (TPSA) is 67.2 Å². The maximum atomic E-state index is 13.6. The molecule has 38 heavy (non-hydrogen) atoms. The van der Waals surface area contributed by atoms with Crippen LogP contribution in [0.2, 0.25) is 0 Å². The van der Waals surface area contributed by atoms with E-state index in [2.05, 4.69) is 33.0 Å². The number of fused-ring (bicyclic) bond motifs is 1. The number of carbonyl (C=O) groups is 2. The molecule has 0 saturated heterocycles. The van der Waals surface area contributed by atoms with Crippen molar-refractivity contribution in [2.75, 3.05) is 18.4 Å². The standard InChI is InChI=1S/C32H38N4O2/c1-6-7-10-18-35(31(38)26-17-16-24-13-8-9-14-25(24)20-26)22-30(37)33-29-21-28(32(3,4)5)34-36(29)27-15-11-12-23(2)19-27/h8-9,11-17,19-21H,6-7,10,18,22H2,1-5H3,(H,33,37). The number of nitrogens with one attached hydrogen (secondary N) is 1. The van der Waals surface area contributed by atoms with E-state index in [0.29, 0.717) is 17.9 Å². The van der Waals surface area contributed by atoms with Crippen molar-refractivity contribution < 1.29 is 9.59 Å². The Labute approximate surface area is 225 Å². The fourth-order valence-electron chi connectivity index (χ4n) is 4.46. The molecule has 6 heteroatoms. The zero-order valence-corrected chi connectivity index (χ0v) is 23.1. The van der Waals surface area contributed by atoms with Crippen LogP contribution in [-0.2, 0) is 10.2 Å². The Kier molecular flexibility index (Phi) is 8.30. The summed E-state index contributed by atoms with van der Waals surface area (Å²) in [5, 5.41) is 9.95. The lowest BCUT2D eigenvalue weighted by Crippen LogP contribution is -2.39. The van der Waals surface area contributed by atoms with Gasteiger partial charge >= 0.3 is 0 Å². The smallest absolute Gasteiger partial charge is 0.254 e. The summed E-state index contributed by atoms with van der Waals surface area (Å²) in [6.07, 6.45) is 2.88. The molecular weight excluding hydrogens is 472 g/mol. The molecule has 4 rings (SSSR count). The number of amides is 2. The largest absolute Gasteiger partial charge is 0.329 e. The van der Waals surface area contributed by atoms with Gasteiger partial charge in [0, 0.05) is 23.6 Å². The van der Waals surface area contributed by atoms with Crippen LogP contribution in [-0.4, -0.2) is 39.6 Å². The van der Waals surface area contributed by atoms with Crippen molar-refractivity contribution in [3.8, 4) is 5.69 Å². The molecule has 2 amide bonds. The fraction of sp³-hybridized carbons (Fsp3) is 0.344. The number of hydrogen-bond acceptors (Lipinski definition) is 3.